The molecule has 0 amide bonds. The summed E-state index contributed by atoms with van der Waals surface area (Å²) in [6, 6.07) is 0. The van der Waals surface area contributed by atoms with Crippen LogP contribution in [0.25, 0.3) is 10.3 Å². The summed E-state index contributed by atoms with van der Waals surface area (Å²) < 4.78 is 6.21. The maximum absolute atomic E-state index is 5.63. The van der Waals surface area contributed by atoms with Gasteiger partial charge in [-0.3, -0.25) is 0 Å². The summed E-state index contributed by atoms with van der Waals surface area (Å²) in [7, 11) is 0. The number of morpholine rings is 1. The number of nitrogens with zero attached hydrogens (tertiary/aromatic N) is 4. The summed E-state index contributed by atoms with van der Waals surface area (Å²) in [5.41, 5.74) is 6.30. The van der Waals surface area contributed by atoms with Crippen LogP contribution in [0.3, 0.4) is 0 Å². The highest BCUT2D eigenvalue weighted by Crippen LogP contribution is 2.23. The normalized spacial score (nSPS) is 16.9. The van der Waals surface area contributed by atoms with Crippen LogP contribution < -0.4 is 10.6 Å². The molecule has 1 aliphatic rings. The van der Waals surface area contributed by atoms with E-state index >= 15 is 0 Å². The van der Waals surface area contributed by atoms with Crippen molar-refractivity contribution in [1.29, 1.82) is 0 Å². The van der Waals surface area contributed by atoms with E-state index in [-0.39, 0.29) is 0 Å². The molecule has 7 heteroatoms. The fourth-order valence-electron chi connectivity index (χ4n) is 1.66. The molecular weight excluding hydrogens is 226 g/mol. The topological polar surface area (TPSA) is 77.2 Å². The van der Waals surface area contributed by atoms with Gasteiger partial charge in [0.2, 0.25) is 5.95 Å². The van der Waals surface area contributed by atoms with Crippen LogP contribution in [0.5, 0.6) is 0 Å². The van der Waals surface area contributed by atoms with Crippen molar-refractivity contribution in [3.63, 3.8) is 0 Å². The van der Waals surface area contributed by atoms with Crippen molar-refractivity contribution in [2.75, 3.05) is 36.9 Å². The van der Waals surface area contributed by atoms with Crippen molar-refractivity contribution in [3.05, 3.63) is 6.20 Å². The van der Waals surface area contributed by atoms with E-state index in [9.17, 15) is 0 Å². The van der Waals surface area contributed by atoms with Crippen molar-refractivity contribution in [2.45, 2.75) is 0 Å². The second-order valence-electron chi connectivity index (χ2n) is 3.51. The Bertz CT molecular complexity index is 508. The molecule has 0 unspecified atom stereocenters. The lowest BCUT2D eigenvalue weighted by atomic mass is 10.4. The average Bonchev–Trinajstić information content (AvgIpc) is 2.69. The molecule has 1 fully saturated rings. The van der Waals surface area contributed by atoms with Crippen molar-refractivity contribution in [2.24, 2.45) is 0 Å². The Hall–Kier alpha value is -1.47. The van der Waals surface area contributed by atoms with Gasteiger partial charge in [-0.1, -0.05) is 11.3 Å². The number of thiazole rings is 1. The molecule has 6 nitrogen and oxygen atoms in total. The van der Waals surface area contributed by atoms with Crippen LogP contribution in [0.2, 0.25) is 0 Å². The Morgan fingerprint density at radius 1 is 1.31 bits per heavy atom. The zero-order valence-corrected chi connectivity index (χ0v) is 9.40. The first kappa shape index (κ1) is 9.73. The van der Waals surface area contributed by atoms with Crippen LogP contribution in [0, 0.1) is 0 Å². The Morgan fingerprint density at radius 2 is 2.12 bits per heavy atom. The Kier molecular flexibility index (Phi) is 2.33. The second kappa shape index (κ2) is 3.84. The molecule has 0 saturated carbocycles. The minimum absolute atomic E-state index is 0.531. The maximum Gasteiger partial charge on any atom is 0.227 e. The maximum atomic E-state index is 5.63. The summed E-state index contributed by atoms with van der Waals surface area (Å²) in [6.45, 7) is 3.09. The van der Waals surface area contributed by atoms with Gasteiger partial charge in [0.05, 0.1) is 24.1 Å². The summed E-state index contributed by atoms with van der Waals surface area (Å²) in [5.74, 6) is 0.709. The summed E-state index contributed by atoms with van der Waals surface area (Å²) in [5, 5.41) is 0.531. The molecule has 3 heterocycles. The third kappa shape index (κ3) is 1.68. The molecule has 84 valence electrons. The van der Waals surface area contributed by atoms with Gasteiger partial charge in [-0.15, -0.1) is 0 Å². The summed E-state index contributed by atoms with van der Waals surface area (Å²) >= 11 is 1.41. The molecule has 2 aromatic heterocycles. The molecule has 16 heavy (non-hydrogen) atoms. The molecule has 3 rings (SSSR count). The van der Waals surface area contributed by atoms with Crippen LogP contribution in [0.4, 0.5) is 11.1 Å². The fourth-order valence-corrected chi connectivity index (χ4v) is 2.31. The lowest BCUT2D eigenvalue weighted by Gasteiger charge is -2.26. The van der Waals surface area contributed by atoms with E-state index in [1.165, 1.54) is 11.3 Å². The van der Waals surface area contributed by atoms with E-state index in [0.717, 1.165) is 31.0 Å². The molecule has 0 atom stereocenters. The van der Waals surface area contributed by atoms with Gasteiger partial charge in [-0.25, -0.2) is 9.97 Å². The van der Waals surface area contributed by atoms with E-state index in [0.29, 0.717) is 16.7 Å². The van der Waals surface area contributed by atoms with Crippen molar-refractivity contribution < 1.29 is 4.74 Å². The molecule has 0 spiro atoms. The quantitative estimate of drug-likeness (QED) is 0.778. The predicted molar refractivity (Wildman–Crippen MR) is 62.7 cm³/mol. The van der Waals surface area contributed by atoms with Crippen LogP contribution in [0.15, 0.2) is 6.20 Å². The van der Waals surface area contributed by atoms with Gasteiger partial charge >= 0.3 is 0 Å². The third-order valence-corrected chi connectivity index (χ3v) is 3.26. The summed E-state index contributed by atoms with van der Waals surface area (Å²) in [4.78, 5) is 15.0. The molecule has 0 bridgehead atoms. The number of hydrogen-bond donors (Lipinski definition) is 1. The van der Waals surface area contributed by atoms with Crippen LogP contribution in [-0.4, -0.2) is 41.3 Å². The number of nitrogens with two attached hydrogens (primary N) is 1. The Morgan fingerprint density at radius 3 is 2.94 bits per heavy atom. The van der Waals surface area contributed by atoms with E-state index in [4.69, 9.17) is 10.5 Å². The molecule has 0 aromatic carbocycles. The number of anilines is 2. The molecular formula is C9H11N5OS. The van der Waals surface area contributed by atoms with Gasteiger partial charge in [0.25, 0.3) is 0 Å². The van der Waals surface area contributed by atoms with Crippen molar-refractivity contribution in [1.82, 2.24) is 15.0 Å². The number of fused-ring (bicyclic) bond motifs is 1. The van der Waals surface area contributed by atoms with Crippen LogP contribution in [0.1, 0.15) is 0 Å². The molecule has 1 saturated heterocycles. The molecule has 1 aliphatic heterocycles. The smallest absolute Gasteiger partial charge is 0.227 e. The highest BCUT2D eigenvalue weighted by molar-refractivity contribution is 7.21. The highest BCUT2D eigenvalue weighted by Gasteiger charge is 2.14. The molecule has 2 N–H and O–H groups in total. The van der Waals surface area contributed by atoms with Crippen LogP contribution >= 0.6 is 11.3 Å². The minimum atomic E-state index is 0.531. The van der Waals surface area contributed by atoms with Crippen molar-refractivity contribution in [3.8, 4) is 0 Å². The lowest BCUT2D eigenvalue weighted by molar-refractivity contribution is 0.122. The minimum Gasteiger partial charge on any atom is -0.378 e. The first-order chi connectivity index (χ1) is 7.83. The third-order valence-electron chi connectivity index (χ3n) is 2.45. The van der Waals surface area contributed by atoms with E-state index in [1.54, 1.807) is 6.20 Å². The number of nitrogen functional groups attached to an aromatic ring is 1. The Labute approximate surface area is 96.1 Å². The average molecular weight is 237 g/mol. The zero-order valence-electron chi connectivity index (χ0n) is 8.59. The van der Waals surface area contributed by atoms with E-state index in [1.807, 2.05) is 0 Å². The van der Waals surface area contributed by atoms with Crippen molar-refractivity contribution >= 4 is 32.8 Å². The van der Waals surface area contributed by atoms with E-state index < -0.39 is 0 Å². The first-order valence-corrected chi connectivity index (χ1v) is 5.86. The van der Waals surface area contributed by atoms with Gasteiger partial charge in [0.1, 0.15) is 0 Å². The standard InChI is InChI=1S/C9H11N5OS/c10-8-12-7-6(16-8)5-11-9(13-7)14-1-3-15-4-2-14/h5H,1-4H2,(H2,10,11,12,13). The number of hydrogen-bond acceptors (Lipinski definition) is 7. The highest BCUT2D eigenvalue weighted by atomic mass is 32.1. The number of rotatable bonds is 1. The molecule has 0 aliphatic carbocycles. The van der Waals surface area contributed by atoms with Gasteiger partial charge in [-0.2, -0.15) is 4.98 Å². The zero-order chi connectivity index (χ0) is 11.0. The molecule has 0 radical (unpaired) electrons. The summed E-state index contributed by atoms with van der Waals surface area (Å²) in [6.07, 6.45) is 1.78. The lowest BCUT2D eigenvalue weighted by Crippen LogP contribution is -2.37. The van der Waals surface area contributed by atoms with Gasteiger partial charge in [-0.05, 0) is 0 Å². The van der Waals surface area contributed by atoms with E-state index in [2.05, 4.69) is 19.9 Å². The Balaban J connectivity index is 1.97. The number of aromatic nitrogens is 3. The predicted octanol–water partition coefficient (Wildman–Crippen LogP) is 0.505. The van der Waals surface area contributed by atoms with Gasteiger partial charge in [0.15, 0.2) is 10.8 Å². The first-order valence-electron chi connectivity index (χ1n) is 5.05. The second-order valence-corrected chi connectivity index (χ2v) is 4.57. The van der Waals surface area contributed by atoms with Crippen LogP contribution in [-0.2, 0) is 4.74 Å². The number of ether oxygens (including phenoxy) is 1. The largest absolute Gasteiger partial charge is 0.378 e. The van der Waals surface area contributed by atoms with Gasteiger partial charge < -0.3 is 15.4 Å². The molecule has 2 aromatic rings. The SMILES string of the molecule is Nc1nc2nc(N3CCOCC3)ncc2s1. The monoisotopic (exact) mass is 237 g/mol. The van der Waals surface area contributed by atoms with Gasteiger partial charge in [0, 0.05) is 13.1 Å². The fraction of sp³-hybridized carbons (Fsp3) is 0.444.